The number of ether oxygens (including phenoxy) is 1. The summed E-state index contributed by atoms with van der Waals surface area (Å²) in [4.78, 5) is 26.9. The molecular weight excluding hydrogens is 254 g/mol. The van der Waals surface area contributed by atoms with Gasteiger partial charge in [-0.3, -0.25) is 4.79 Å². The maximum atomic E-state index is 11.8. The van der Waals surface area contributed by atoms with Gasteiger partial charge in [-0.2, -0.15) is 0 Å². The minimum Gasteiger partial charge on any atom is -0.450 e. The van der Waals surface area contributed by atoms with E-state index >= 15 is 0 Å². The molecule has 0 bridgehead atoms. The Morgan fingerprint density at radius 2 is 1.72 bits per heavy atom. The van der Waals surface area contributed by atoms with Gasteiger partial charge < -0.3 is 20.3 Å². The smallest absolute Gasteiger partial charge is 0.409 e. The number of piperazine rings is 1. The lowest BCUT2D eigenvalue weighted by molar-refractivity contribution is -0.132. The van der Waals surface area contributed by atoms with Crippen LogP contribution in [0.2, 0.25) is 0 Å². The highest BCUT2D eigenvalue weighted by molar-refractivity contribution is 7.80. The normalized spacial score (nSPS) is 15.4. The third-order valence-electron chi connectivity index (χ3n) is 2.74. The average Bonchev–Trinajstić information content (AvgIpc) is 2.36. The van der Waals surface area contributed by atoms with Crippen molar-refractivity contribution in [2.24, 2.45) is 5.73 Å². The summed E-state index contributed by atoms with van der Waals surface area (Å²) >= 11 is 4.73. The fourth-order valence-corrected chi connectivity index (χ4v) is 1.84. The van der Waals surface area contributed by atoms with E-state index in [1.54, 1.807) is 16.7 Å². The van der Waals surface area contributed by atoms with Gasteiger partial charge in [-0.05, 0) is 6.92 Å². The molecule has 1 heterocycles. The molecule has 0 radical (unpaired) electrons. The van der Waals surface area contributed by atoms with E-state index in [-0.39, 0.29) is 12.0 Å². The van der Waals surface area contributed by atoms with Crippen LogP contribution in [0.5, 0.6) is 0 Å². The lowest BCUT2D eigenvalue weighted by Gasteiger charge is -2.34. The monoisotopic (exact) mass is 273 g/mol. The van der Waals surface area contributed by atoms with E-state index in [1.165, 1.54) is 0 Å². The van der Waals surface area contributed by atoms with Crippen LogP contribution in [-0.2, 0) is 9.53 Å². The van der Waals surface area contributed by atoms with Crippen LogP contribution in [0.15, 0.2) is 0 Å². The zero-order chi connectivity index (χ0) is 13.5. The number of carbonyl (C=O) groups excluding carboxylic acids is 2. The summed E-state index contributed by atoms with van der Waals surface area (Å²) in [7, 11) is 0. The fourth-order valence-electron chi connectivity index (χ4n) is 1.74. The van der Waals surface area contributed by atoms with Gasteiger partial charge in [0.1, 0.15) is 0 Å². The summed E-state index contributed by atoms with van der Waals surface area (Å²) < 4.78 is 4.91. The zero-order valence-corrected chi connectivity index (χ0v) is 11.4. The lowest BCUT2D eigenvalue weighted by Crippen LogP contribution is -2.50. The van der Waals surface area contributed by atoms with Crippen molar-refractivity contribution in [2.75, 3.05) is 32.8 Å². The van der Waals surface area contributed by atoms with Crippen molar-refractivity contribution in [3.05, 3.63) is 0 Å². The third kappa shape index (κ3) is 4.48. The minimum atomic E-state index is -0.312. The first kappa shape index (κ1) is 14.7. The lowest BCUT2D eigenvalue weighted by atomic mass is 10.2. The van der Waals surface area contributed by atoms with E-state index in [0.29, 0.717) is 50.6 Å². The number of hydrogen-bond donors (Lipinski definition) is 1. The van der Waals surface area contributed by atoms with Gasteiger partial charge in [0.2, 0.25) is 5.91 Å². The molecule has 0 spiro atoms. The quantitative estimate of drug-likeness (QED) is 0.748. The Bertz CT molecular complexity index is 327. The van der Waals surface area contributed by atoms with E-state index in [4.69, 9.17) is 22.7 Å². The highest BCUT2D eigenvalue weighted by Gasteiger charge is 2.24. The first-order chi connectivity index (χ1) is 8.54. The molecule has 7 heteroatoms. The van der Waals surface area contributed by atoms with Crippen LogP contribution < -0.4 is 5.73 Å². The molecule has 1 fully saturated rings. The summed E-state index contributed by atoms with van der Waals surface area (Å²) in [6, 6.07) is 0. The van der Waals surface area contributed by atoms with Crippen LogP contribution >= 0.6 is 12.2 Å². The van der Waals surface area contributed by atoms with Crippen molar-refractivity contribution >= 4 is 29.2 Å². The second kappa shape index (κ2) is 7.15. The molecule has 0 unspecified atom stereocenters. The molecule has 2 N–H and O–H groups in total. The predicted octanol–water partition coefficient (Wildman–Crippen LogP) is 0.353. The fraction of sp³-hybridized carbons (Fsp3) is 0.727. The standard InChI is InChI=1S/C11H19N3O3S/c1-2-17-11(16)14-7-5-13(6-8-14)10(15)4-3-9(12)18/h2-8H2,1H3,(H2,12,18). The molecule has 1 saturated heterocycles. The van der Waals surface area contributed by atoms with Gasteiger partial charge in [0.15, 0.2) is 0 Å². The Kier molecular flexibility index (Phi) is 5.84. The third-order valence-corrected chi connectivity index (χ3v) is 2.95. The van der Waals surface area contributed by atoms with Gasteiger partial charge in [-0.25, -0.2) is 4.79 Å². The Labute approximate surface area is 112 Å². The minimum absolute atomic E-state index is 0.0336. The molecule has 0 aromatic rings. The van der Waals surface area contributed by atoms with Gasteiger partial charge in [-0.1, -0.05) is 12.2 Å². The maximum Gasteiger partial charge on any atom is 0.409 e. The number of amides is 2. The molecule has 0 aromatic heterocycles. The highest BCUT2D eigenvalue weighted by atomic mass is 32.1. The first-order valence-electron chi connectivity index (χ1n) is 6.02. The predicted molar refractivity (Wildman–Crippen MR) is 71.2 cm³/mol. The van der Waals surface area contributed by atoms with E-state index in [9.17, 15) is 9.59 Å². The summed E-state index contributed by atoms with van der Waals surface area (Å²) in [6.07, 6.45) is 0.466. The molecule has 1 aliphatic rings. The van der Waals surface area contributed by atoms with Gasteiger partial charge >= 0.3 is 6.09 Å². The van der Waals surface area contributed by atoms with Crippen LogP contribution in [-0.4, -0.2) is 59.6 Å². The number of thiocarbonyl (C=S) groups is 1. The van der Waals surface area contributed by atoms with Crippen LogP contribution in [0, 0.1) is 0 Å². The molecule has 0 aliphatic carbocycles. The van der Waals surface area contributed by atoms with E-state index < -0.39 is 0 Å². The van der Waals surface area contributed by atoms with Crippen molar-refractivity contribution in [3.8, 4) is 0 Å². The van der Waals surface area contributed by atoms with Crippen molar-refractivity contribution in [1.82, 2.24) is 9.80 Å². The number of nitrogens with zero attached hydrogens (tertiary/aromatic N) is 2. The second-order valence-electron chi connectivity index (χ2n) is 4.03. The number of hydrogen-bond acceptors (Lipinski definition) is 4. The Hall–Kier alpha value is -1.37. The van der Waals surface area contributed by atoms with Crippen molar-refractivity contribution in [3.63, 3.8) is 0 Å². The SMILES string of the molecule is CCOC(=O)N1CCN(C(=O)CCC(N)=S)CC1. The number of carbonyl (C=O) groups is 2. The van der Waals surface area contributed by atoms with Crippen LogP contribution in [0.25, 0.3) is 0 Å². The second-order valence-corrected chi connectivity index (χ2v) is 4.56. The molecule has 18 heavy (non-hydrogen) atoms. The highest BCUT2D eigenvalue weighted by Crippen LogP contribution is 2.06. The average molecular weight is 273 g/mol. The Balaban J connectivity index is 2.32. The van der Waals surface area contributed by atoms with Crippen LogP contribution in [0.1, 0.15) is 19.8 Å². The summed E-state index contributed by atoms with van der Waals surface area (Å²) in [5.41, 5.74) is 5.36. The maximum absolute atomic E-state index is 11.8. The Morgan fingerprint density at radius 3 is 2.22 bits per heavy atom. The number of nitrogens with two attached hydrogens (primary N) is 1. The van der Waals surface area contributed by atoms with Gasteiger partial charge in [-0.15, -0.1) is 0 Å². The summed E-state index contributed by atoms with van der Waals surface area (Å²) in [6.45, 7) is 4.23. The van der Waals surface area contributed by atoms with E-state index in [2.05, 4.69) is 0 Å². The molecule has 0 aromatic carbocycles. The van der Waals surface area contributed by atoms with Gasteiger partial charge in [0.25, 0.3) is 0 Å². The largest absolute Gasteiger partial charge is 0.450 e. The summed E-state index contributed by atoms with van der Waals surface area (Å²) in [5, 5.41) is 0. The topological polar surface area (TPSA) is 75.9 Å². The van der Waals surface area contributed by atoms with Gasteiger partial charge in [0.05, 0.1) is 11.6 Å². The molecule has 2 amide bonds. The van der Waals surface area contributed by atoms with Crippen molar-refractivity contribution in [2.45, 2.75) is 19.8 Å². The van der Waals surface area contributed by atoms with Crippen molar-refractivity contribution in [1.29, 1.82) is 0 Å². The van der Waals surface area contributed by atoms with E-state index in [1.807, 2.05) is 0 Å². The van der Waals surface area contributed by atoms with E-state index in [0.717, 1.165) is 0 Å². The molecule has 102 valence electrons. The van der Waals surface area contributed by atoms with Gasteiger partial charge in [0, 0.05) is 39.0 Å². The number of rotatable bonds is 4. The molecular formula is C11H19N3O3S. The molecule has 0 saturated carbocycles. The van der Waals surface area contributed by atoms with Crippen LogP contribution in [0.3, 0.4) is 0 Å². The molecule has 1 rings (SSSR count). The summed E-state index contributed by atoms with van der Waals surface area (Å²) in [5.74, 6) is 0.0336. The molecule has 1 aliphatic heterocycles. The molecule has 0 atom stereocenters. The first-order valence-corrected chi connectivity index (χ1v) is 6.43. The zero-order valence-electron chi connectivity index (χ0n) is 10.6. The van der Waals surface area contributed by atoms with Crippen molar-refractivity contribution < 1.29 is 14.3 Å². The van der Waals surface area contributed by atoms with Crippen LogP contribution in [0.4, 0.5) is 4.79 Å². The Morgan fingerprint density at radius 1 is 1.17 bits per heavy atom. The molecule has 6 nitrogen and oxygen atoms in total.